The van der Waals surface area contributed by atoms with Crippen LogP contribution in [-0.4, -0.2) is 44.5 Å². The minimum Gasteiger partial charge on any atom is -0.462 e. The van der Waals surface area contributed by atoms with Gasteiger partial charge >= 0.3 is 5.97 Å². The molecule has 23 heavy (non-hydrogen) atoms. The first-order valence-electron chi connectivity index (χ1n) is 8.08. The van der Waals surface area contributed by atoms with Crippen molar-refractivity contribution in [2.75, 3.05) is 13.2 Å². The molecular formula is C17H28O5Si. The second-order valence-electron chi connectivity index (χ2n) is 8.29. The zero-order valence-electron chi connectivity index (χ0n) is 15.0. The lowest BCUT2D eigenvalue weighted by Gasteiger charge is -2.42. The summed E-state index contributed by atoms with van der Waals surface area (Å²) in [4.78, 5) is 23.3. The molecule has 0 aromatic rings. The molecule has 2 aliphatic heterocycles. The van der Waals surface area contributed by atoms with Gasteiger partial charge in [0.1, 0.15) is 23.6 Å². The summed E-state index contributed by atoms with van der Waals surface area (Å²) in [6.07, 6.45) is 4.36. The van der Waals surface area contributed by atoms with Gasteiger partial charge in [0.05, 0.1) is 6.61 Å². The summed E-state index contributed by atoms with van der Waals surface area (Å²) in [6.45, 7) is 12.7. The third-order valence-electron chi connectivity index (χ3n) is 5.09. The molecule has 2 rings (SSSR count). The molecule has 2 bridgehead atoms. The fourth-order valence-corrected chi connectivity index (χ4v) is 3.73. The van der Waals surface area contributed by atoms with Gasteiger partial charge in [0.15, 0.2) is 8.32 Å². The SMILES string of the molecule is CC(=O)OC[C@@]12C=C[C@@](CO[Si](C)(C)C(C)(C)C)(CC(=O)C1)O2. The van der Waals surface area contributed by atoms with Crippen molar-refractivity contribution in [1.82, 2.24) is 0 Å². The summed E-state index contributed by atoms with van der Waals surface area (Å²) in [5, 5.41) is 0.0967. The van der Waals surface area contributed by atoms with E-state index in [1.165, 1.54) is 6.92 Å². The van der Waals surface area contributed by atoms with Gasteiger partial charge in [-0.1, -0.05) is 26.8 Å². The summed E-state index contributed by atoms with van der Waals surface area (Å²) in [6, 6.07) is 0. The highest BCUT2D eigenvalue weighted by atomic mass is 28.4. The first-order chi connectivity index (χ1) is 10.4. The molecule has 0 saturated carbocycles. The average Bonchev–Trinajstić information content (AvgIpc) is 2.66. The highest BCUT2D eigenvalue weighted by molar-refractivity contribution is 6.74. The van der Waals surface area contributed by atoms with Crippen LogP contribution in [0.4, 0.5) is 0 Å². The molecular weight excluding hydrogens is 312 g/mol. The average molecular weight is 340 g/mol. The van der Waals surface area contributed by atoms with E-state index in [0.717, 1.165) is 0 Å². The molecule has 0 aromatic heterocycles. The maximum Gasteiger partial charge on any atom is 0.302 e. The van der Waals surface area contributed by atoms with Crippen LogP contribution in [0.1, 0.15) is 40.5 Å². The monoisotopic (exact) mass is 340 g/mol. The van der Waals surface area contributed by atoms with Gasteiger partial charge in [-0.2, -0.15) is 0 Å². The Hall–Kier alpha value is -0.983. The van der Waals surface area contributed by atoms with E-state index in [1.54, 1.807) is 0 Å². The third-order valence-corrected chi connectivity index (χ3v) is 9.57. The molecule has 0 spiro atoms. The van der Waals surface area contributed by atoms with E-state index in [0.29, 0.717) is 13.0 Å². The summed E-state index contributed by atoms with van der Waals surface area (Å²) < 4.78 is 17.6. The van der Waals surface area contributed by atoms with E-state index in [4.69, 9.17) is 13.9 Å². The molecule has 1 fully saturated rings. The summed E-state index contributed by atoms with van der Waals surface area (Å²) in [5.74, 6) is -0.253. The zero-order chi connectivity index (χ0) is 17.5. The number of ketones is 1. The van der Waals surface area contributed by atoms with Gasteiger partial charge in [0.25, 0.3) is 0 Å². The highest BCUT2D eigenvalue weighted by Crippen LogP contribution is 2.44. The van der Waals surface area contributed by atoms with E-state index in [-0.39, 0.29) is 29.8 Å². The van der Waals surface area contributed by atoms with Crippen molar-refractivity contribution in [2.24, 2.45) is 0 Å². The van der Waals surface area contributed by atoms with Crippen LogP contribution in [0.25, 0.3) is 0 Å². The molecule has 0 unspecified atom stereocenters. The molecule has 130 valence electrons. The number of fused-ring (bicyclic) bond motifs is 2. The molecule has 0 aliphatic carbocycles. The number of Topliss-reactive ketones (excluding diaryl/α,β-unsaturated/α-hetero) is 1. The fourth-order valence-electron chi connectivity index (χ4n) is 2.70. The van der Waals surface area contributed by atoms with Crippen molar-refractivity contribution < 1.29 is 23.5 Å². The topological polar surface area (TPSA) is 61.8 Å². The van der Waals surface area contributed by atoms with E-state index >= 15 is 0 Å². The second kappa shape index (κ2) is 5.83. The maximum absolute atomic E-state index is 12.2. The molecule has 2 atom stereocenters. The minimum absolute atomic E-state index is 0.0758. The number of hydrogen-bond donors (Lipinski definition) is 0. The molecule has 6 heteroatoms. The molecule has 0 N–H and O–H groups in total. The van der Waals surface area contributed by atoms with Crippen LogP contribution in [0.5, 0.6) is 0 Å². The standard InChI is InChI=1S/C17H28O5Si/c1-13(18)20-11-16-7-8-17(22-16,10-14(19)9-16)12-21-23(5,6)15(2,3)4/h7-8H,9-12H2,1-6H3/t16-,17+/m1/s1. The Kier molecular flexibility index (Phi) is 4.65. The van der Waals surface area contributed by atoms with Crippen LogP contribution in [-0.2, 0) is 23.5 Å². The molecule has 0 aromatic carbocycles. The Balaban J connectivity index is 2.09. The molecule has 2 aliphatic rings. The molecule has 0 radical (unpaired) electrons. The van der Waals surface area contributed by atoms with Crippen molar-refractivity contribution in [2.45, 2.75) is 69.9 Å². The van der Waals surface area contributed by atoms with Crippen LogP contribution in [0, 0.1) is 0 Å². The second-order valence-corrected chi connectivity index (χ2v) is 13.1. The van der Waals surface area contributed by atoms with E-state index in [9.17, 15) is 9.59 Å². The van der Waals surface area contributed by atoms with Crippen molar-refractivity contribution in [1.29, 1.82) is 0 Å². The number of carbonyl (C=O) groups is 2. The quantitative estimate of drug-likeness (QED) is 0.437. The van der Waals surface area contributed by atoms with Gasteiger partial charge in [0.2, 0.25) is 0 Å². The molecule has 2 heterocycles. The lowest BCUT2D eigenvalue weighted by molar-refractivity contribution is -0.179. The number of ether oxygens (including phenoxy) is 2. The lowest BCUT2D eigenvalue weighted by atomic mass is 9.91. The van der Waals surface area contributed by atoms with Crippen LogP contribution in [0.15, 0.2) is 12.2 Å². The van der Waals surface area contributed by atoms with Crippen LogP contribution < -0.4 is 0 Å². The first kappa shape index (κ1) is 18.4. The number of hydrogen-bond acceptors (Lipinski definition) is 5. The normalized spacial score (nSPS) is 30.6. The summed E-state index contributed by atoms with van der Waals surface area (Å²) >= 11 is 0. The van der Waals surface area contributed by atoms with Gasteiger partial charge in [-0.25, -0.2) is 0 Å². The van der Waals surface area contributed by atoms with E-state index < -0.39 is 19.5 Å². The third kappa shape index (κ3) is 3.92. The van der Waals surface area contributed by atoms with Crippen LogP contribution in [0.2, 0.25) is 18.1 Å². The Labute approximate surface area is 139 Å². The minimum atomic E-state index is -1.93. The van der Waals surface area contributed by atoms with E-state index in [2.05, 4.69) is 33.9 Å². The Morgan fingerprint density at radius 3 is 2.22 bits per heavy atom. The molecule has 1 saturated heterocycles. The summed E-state index contributed by atoms with van der Waals surface area (Å²) in [7, 11) is -1.93. The highest BCUT2D eigenvalue weighted by Gasteiger charge is 2.53. The van der Waals surface area contributed by atoms with Crippen molar-refractivity contribution in [3.8, 4) is 0 Å². The predicted molar refractivity (Wildman–Crippen MR) is 89.7 cm³/mol. The van der Waals surface area contributed by atoms with Gasteiger partial charge in [0, 0.05) is 19.8 Å². The van der Waals surface area contributed by atoms with Crippen molar-refractivity contribution in [3.63, 3.8) is 0 Å². The van der Waals surface area contributed by atoms with Crippen LogP contribution in [0.3, 0.4) is 0 Å². The number of rotatable bonds is 5. The van der Waals surface area contributed by atoms with Gasteiger partial charge in [-0.05, 0) is 24.2 Å². The first-order valence-corrected chi connectivity index (χ1v) is 11.0. The summed E-state index contributed by atoms with van der Waals surface area (Å²) in [5.41, 5.74) is -1.54. The lowest BCUT2D eigenvalue weighted by Crippen LogP contribution is -2.52. The fraction of sp³-hybridized carbons (Fsp3) is 0.765. The van der Waals surface area contributed by atoms with Crippen molar-refractivity contribution in [3.05, 3.63) is 12.2 Å². The largest absolute Gasteiger partial charge is 0.462 e. The van der Waals surface area contributed by atoms with Gasteiger partial charge in [-0.3, -0.25) is 9.59 Å². The Morgan fingerprint density at radius 1 is 1.22 bits per heavy atom. The number of esters is 1. The van der Waals surface area contributed by atoms with Crippen molar-refractivity contribution >= 4 is 20.1 Å². The van der Waals surface area contributed by atoms with E-state index in [1.807, 2.05) is 12.2 Å². The van der Waals surface area contributed by atoms with Crippen LogP contribution >= 0.6 is 0 Å². The smallest absolute Gasteiger partial charge is 0.302 e. The van der Waals surface area contributed by atoms with Gasteiger partial charge in [-0.15, -0.1) is 0 Å². The predicted octanol–water partition coefficient (Wildman–Crippen LogP) is 3.00. The Bertz CT molecular complexity index is 534. The molecule has 5 nitrogen and oxygen atoms in total. The van der Waals surface area contributed by atoms with Gasteiger partial charge < -0.3 is 13.9 Å². The molecule has 0 amide bonds. The number of carbonyl (C=O) groups excluding carboxylic acids is 2. The zero-order valence-corrected chi connectivity index (χ0v) is 16.0. The maximum atomic E-state index is 12.2. The Morgan fingerprint density at radius 2 is 1.74 bits per heavy atom.